The molecule has 3 heterocycles. The Morgan fingerprint density at radius 3 is 3.16 bits per heavy atom. The number of aromatic nitrogens is 2. The van der Waals surface area contributed by atoms with E-state index >= 15 is 0 Å². The minimum Gasteiger partial charge on any atom is -0.419 e. The van der Waals surface area contributed by atoms with Crippen LogP contribution in [-0.4, -0.2) is 40.8 Å². The van der Waals surface area contributed by atoms with E-state index in [1.807, 2.05) is 12.1 Å². The Balaban J connectivity index is 1.71. The molecule has 2 aromatic rings. The van der Waals surface area contributed by atoms with Gasteiger partial charge in [0.2, 0.25) is 5.89 Å². The van der Waals surface area contributed by atoms with Gasteiger partial charge in [-0.2, -0.15) is 0 Å². The first-order valence-electron chi connectivity index (χ1n) is 6.25. The molecule has 1 aliphatic heterocycles. The maximum absolute atomic E-state index is 5.74. The highest BCUT2D eigenvalue weighted by molar-refractivity contribution is 9.11. The molecule has 0 saturated carbocycles. The summed E-state index contributed by atoms with van der Waals surface area (Å²) in [7, 11) is 0. The fraction of sp³-hybridized carbons (Fsp3) is 0.500. The van der Waals surface area contributed by atoms with Crippen molar-refractivity contribution in [3.05, 3.63) is 21.8 Å². The van der Waals surface area contributed by atoms with Gasteiger partial charge in [-0.3, -0.25) is 4.90 Å². The van der Waals surface area contributed by atoms with E-state index in [0.717, 1.165) is 34.8 Å². The Bertz CT molecular complexity index is 555. The van der Waals surface area contributed by atoms with Crippen LogP contribution in [0, 0.1) is 0 Å². The molecule has 7 heteroatoms. The minimum absolute atomic E-state index is 0.500. The molecule has 2 aromatic heterocycles. The summed E-state index contributed by atoms with van der Waals surface area (Å²) in [6, 6.07) is 4.47. The van der Waals surface area contributed by atoms with Gasteiger partial charge in [0.25, 0.3) is 5.89 Å². The number of halogens is 1. The molecule has 0 bridgehead atoms. The number of nitrogens with zero attached hydrogens (tertiary/aromatic N) is 3. The van der Waals surface area contributed by atoms with Gasteiger partial charge < -0.3 is 9.73 Å². The van der Waals surface area contributed by atoms with Crippen molar-refractivity contribution < 1.29 is 4.42 Å². The lowest BCUT2D eigenvalue weighted by atomic mass is 10.2. The highest BCUT2D eigenvalue weighted by Gasteiger charge is 2.20. The zero-order valence-electron chi connectivity index (χ0n) is 10.6. The summed E-state index contributed by atoms with van der Waals surface area (Å²) >= 11 is 5.03. The monoisotopic (exact) mass is 342 g/mol. The second-order valence-electron chi connectivity index (χ2n) is 4.63. The van der Waals surface area contributed by atoms with Gasteiger partial charge in [-0.15, -0.1) is 21.5 Å². The summed E-state index contributed by atoms with van der Waals surface area (Å²) in [6.07, 6.45) is 0. The summed E-state index contributed by atoms with van der Waals surface area (Å²) in [5.74, 6) is 1.29. The Morgan fingerprint density at radius 1 is 1.53 bits per heavy atom. The number of hydrogen-bond donors (Lipinski definition) is 1. The SMILES string of the molecule is C[C@H]1CNCCN1Cc1nnc(-c2ccc(Br)s2)o1. The molecule has 19 heavy (non-hydrogen) atoms. The maximum Gasteiger partial charge on any atom is 0.257 e. The predicted octanol–water partition coefficient (Wildman–Crippen LogP) is 2.35. The fourth-order valence-corrected chi connectivity index (χ4v) is 3.45. The van der Waals surface area contributed by atoms with Crippen molar-refractivity contribution >= 4 is 27.3 Å². The smallest absolute Gasteiger partial charge is 0.257 e. The first-order valence-corrected chi connectivity index (χ1v) is 7.86. The third kappa shape index (κ3) is 3.05. The van der Waals surface area contributed by atoms with Crippen molar-refractivity contribution in [2.45, 2.75) is 19.5 Å². The van der Waals surface area contributed by atoms with Crippen molar-refractivity contribution in [3.8, 4) is 10.8 Å². The molecular formula is C12H15BrN4OS. The van der Waals surface area contributed by atoms with Crippen LogP contribution < -0.4 is 5.32 Å². The summed E-state index contributed by atoms with van der Waals surface area (Å²) in [4.78, 5) is 3.36. The third-order valence-corrected chi connectivity index (χ3v) is 4.84. The minimum atomic E-state index is 0.500. The van der Waals surface area contributed by atoms with Gasteiger partial charge in [0.15, 0.2) is 0 Å². The van der Waals surface area contributed by atoms with Gasteiger partial charge in [-0.05, 0) is 35.0 Å². The van der Waals surface area contributed by atoms with E-state index in [1.54, 1.807) is 11.3 Å². The van der Waals surface area contributed by atoms with Gasteiger partial charge in [-0.1, -0.05) is 0 Å². The van der Waals surface area contributed by atoms with Crippen molar-refractivity contribution in [2.24, 2.45) is 0 Å². The van der Waals surface area contributed by atoms with E-state index in [9.17, 15) is 0 Å². The number of hydrogen-bond acceptors (Lipinski definition) is 6. The molecule has 102 valence electrons. The number of thiophene rings is 1. The summed E-state index contributed by atoms with van der Waals surface area (Å²) in [5, 5.41) is 11.6. The fourth-order valence-electron chi connectivity index (χ4n) is 2.14. The zero-order valence-corrected chi connectivity index (χ0v) is 13.0. The van der Waals surface area contributed by atoms with Crippen molar-refractivity contribution in [1.29, 1.82) is 0 Å². The largest absolute Gasteiger partial charge is 0.419 e. The second kappa shape index (κ2) is 5.70. The number of nitrogens with one attached hydrogen (secondary N) is 1. The Morgan fingerprint density at radius 2 is 2.42 bits per heavy atom. The number of rotatable bonds is 3. The molecule has 1 fully saturated rings. The van der Waals surface area contributed by atoms with Crippen molar-refractivity contribution in [1.82, 2.24) is 20.4 Å². The van der Waals surface area contributed by atoms with E-state index in [4.69, 9.17) is 4.42 Å². The van der Waals surface area contributed by atoms with E-state index < -0.39 is 0 Å². The second-order valence-corrected chi connectivity index (χ2v) is 7.09. The first kappa shape index (κ1) is 13.2. The number of piperazine rings is 1. The molecule has 0 aromatic carbocycles. The van der Waals surface area contributed by atoms with E-state index in [2.05, 4.69) is 43.3 Å². The van der Waals surface area contributed by atoms with Crippen LogP contribution in [0.4, 0.5) is 0 Å². The van der Waals surface area contributed by atoms with Crippen LogP contribution in [0.2, 0.25) is 0 Å². The normalized spacial score (nSPS) is 20.8. The van der Waals surface area contributed by atoms with Crippen LogP contribution in [0.15, 0.2) is 20.3 Å². The third-order valence-electron chi connectivity index (χ3n) is 3.23. The van der Waals surface area contributed by atoms with Crippen LogP contribution in [0.25, 0.3) is 10.8 Å². The van der Waals surface area contributed by atoms with Crippen LogP contribution in [-0.2, 0) is 6.54 Å². The maximum atomic E-state index is 5.74. The quantitative estimate of drug-likeness (QED) is 0.927. The summed E-state index contributed by atoms with van der Waals surface area (Å²) < 4.78 is 6.81. The van der Waals surface area contributed by atoms with Crippen LogP contribution in [0.3, 0.4) is 0 Å². The molecule has 1 aliphatic rings. The van der Waals surface area contributed by atoms with E-state index in [-0.39, 0.29) is 0 Å². The summed E-state index contributed by atoms with van der Waals surface area (Å²) in [5.41, 5.74) is 0. The van der Waals surface area contributed by atoms with Gasteiger partial charge in [0.1, 0.15) is 0 Å². The molecule has 0 spiro atoms. The predicted molar refractivity (Wildman–Crippen MR) is 78.1 cm³/mol. The van der Waals surface area contributed by atoms with Crippen LogP contribution in [0.5, 0.6) is 0 Å². The molecule has 5 nitrogen and oxygen atoms in total. The highest BCUT2D eigenvalue weighted by Crippen LogP contribution is 2.30. The Hall–Kier alpha value is -0.760. The van der Waals surface area contributed by atoms with Crippen molar-refractivity contribution in [2.75, 3.05) is 19.6 Å². The average Bonchev–Trinajstić information content (AvgIpc) is 3.01. The van der Waals surface area contributed by atoms with Crippen LogP contribution in [0.1, 0.15) is 12.8 Å². The lowest BCUT2D eigenvalue weighted by molar-refractivity contribution is 0.151. The lowest BCUT2D eigenvalue weighted by Crippen LogP contribution is -2.49. The molecule has 0 amide bonds. The van der Waals surface area contributed by atoms with Gasteiger partial charge in [0.05, 0.1) is 15.2 Å². The highest BCUT2D eigenvalue weighted by atomic mass is 79.9. The Kier molecular flexibility index (Phi) is 3.97. The standard InChI is InChI=1S/C12H15BrN4OS/c1-8-6-14-4-5-17(8)7-11-15-16-12(18-11)9-2-3-10(13)19-9/h2-3,8,14H,4-7H2,1H3/t8-/m0/s1. The zero-order chi connectivity index (χ0) is 13.2. The molecule has 0 aliphatic carbocycles. The van der Waals surface area contributed by atoms with Gasteiger partial charge in [0, 0.05) is 25.7 Å². The molecular weight excluding hydrogens is 328 g/mol. The van der Waals surface area contributed by atoms with E-state index in [0.29, 0.717) is 17.8 Å². The lowest BCUT2D eigenvalue weighted by Gasteiger charge is -2.32. The average molecular weight is 343 g/mol. The summed E-state index contributed by atoms with van der Waals surface area (Å²) in [6.45, 7) is 5.98. The van der Waals surface area contributed by atoms with Crippen molar-refractivity contribution in [3.63, 3.8) is 0 Å². The molecule has 0 unspecified atom stereocenters. The van der Waals surface area contributed by atoms with Gasteiger partial charge >= 0.3 is 0 Å². The Labute approximate surface area is 124 Å². The molecule has 1 atom stereocenters. The van der Waals surface area contributed by atoms with Gasteiger partial charge in [-0.25, -0.2) is 0 Å². The molecule has 0 radical (unpaired) electrons. The topological polar surface area (TPSA) is 54.2 Å². The molecule has 3 rings (SSSR count). The molecule has 1 N–H and O–H groups in total. The molecule has 1 saturated heterocycles. The van der Waals surface area contributed by atoms with Crippen LogP contribution >= 0.6 is 27.3 Å². The van der Waals surface area contributed by atoms with E-state index in [1.165, 1.54) is 0 Å². The first-order chi connectivity index (χ1) is 9.22.